The van der Waals surface area contributed by atoms with E-state index in [2.05, 4.69) is 176 Å². The van der Waals surface area contributed by atoms with Crippen molar-refractivity contribution < 1.29 is 0 Å². The van der Waals surface area contributed by atoms with Crippen LogP contribution < -0.4 is 0 Å². The summed E-state index contributed by atoms with van der Waals surface area (Å²) in [5, 5.41) is 14.3. The molecule has 11 rings (SSSR count). The molecule has 260 valence electrons. The molecule has 0 radical (unpaired) electrons. The van der Waals surface area contributed by atoms with Crippen LogP contribution in [0.3, 0.4) is 0 Å². The average Bonchev–Trinajstić information content (AvgIpc) is 3.60. The number of hydrogen-bond acceptors (Lipinski definition) is 1. The minimum absolute atomic E-state index is 0.269. The minimum Gasteiger partial charge on any atom is -0.192 e. The smallest absolute Gasteiger partial charge is 0.0991 e. The molecule has 1 unspecified atom stereocenters. The topological polar surface area (TPSA) is 23.8 Å². The zero-order valence-corrected chi connectivity index (χ0v) is 30.7. The van der Waals surface area contributed by atoms with Crippen molar-refractivity contribution in [3.05, 3.63) is 222 Å². The van der Waals surface area contributed by atoms with Gasteiger partial charge in [-0.25, -0.2) is 0 Å². The Hall–Kier alpha value is -7.27. The second-order valence-corrected chi connectivity index (χ2v) is 15.0. The molecule has 9 aromatic carbocycles. The predicted molar refractivity (Wildman–Crippen MR) is 233 cm³/mol. The highest BCUT2D eigenvalue weighted by Crippen LogP contribution is 2.60. The molecule has 1 nitrogen and oxygen atoms in total. The van der Waals surface area contributed by atoms with Gasteiger partial charge in [0, 0.05) is 5.92 Å². The lowest BCUT2D eigenvalue weighted by Crippen LogP contribution is -2.07. The van der Waals surface area contributed by atoms with Gasteiger partial charge in [-0.1, -0.05) is 164 Å². The third-order valence-electron chi connectivity index (χ3n) is 12.0. The molecule has 0 aliphatic heterocycles. The Morgan fingerprint density at radius 1 is 0.393 bits per heavy atom. The Labute approximate surface area is 327 Å². The first-order chi connectivity index (χ1) is 27.7. The van der Waals surface area contributed by atoms with Crippen LogP contribution in [0.1, 0.15) is 40.2 Å². The van der Waals surface area contributed by atoms with Crippen molar-refractivity contribution in [2.24, 2.45) is 0 Å². The number of rotatable bonds is 5. The van der Waals surface area contributed by atoms with Gasteiger partial charge in [0.2, 0.25) is 0 Å². The molecule has 0 N–H and O–H groups in total. The van der Waals surface area contributed by atoms with Crippen LogP contribution in [0.4, 0.5) is 0 Å². The summed E-state index contributed by atoms with van der Waals surface area (Å²) in [5.41, 5.74) is 20.1. The highest BCUT2D eigenvalue weighted by Gasteiger charge is 2.38. The molecule has 0 spiro atoms. The summed E-state index contributed by atoms with van der Waals surface area (Å²) in [6.45, 7) is 0. The Morgan fingerprint density at radius 3 is 1.64 bits per heavy atom. The number of nitrogens with zero attached hydrogens (tertiary/aromatic N) is 1. The Kier molecular flexibility index (Phi) is 7.44. The SMILES string of the molecule is N#Cc1ccc(-c2cccc(-c3ccc4cc(C5=CCC6c7c5cccc7-c5c6c(-c6ccccc6)c6ccccc6c5-c5ccccc5)ccc4c3)c2)cc1. The number of nitriles is 1. The molecule has 1 atom stereocenters. The van der Waals surface area contributed by atoms with Crippen molar-refractivity contribution in [3.63, 3.8) is 0 Å². The summed E-state index contributed by atoms with van der Waals surface area (Å²) in [7, 11) is 0. The van der Waals surface area contributed by atoms with Crippen LogP contribution in [0, 0.1) is 11.3 Å². The molecule has 0 heterocycles. The third-order valence-corrected chi connectivity index (χ3v) is 12.0. The molecule has 0 saturated heterocycles. The second-order valence-electron chi connectivity index (χ2n) is 15.0. The van der Waals surface area contributed by atoms with E-state index in [9.17, 15) is 5.26 Å². The van der Waals surface area contributed by atoms with E-state index in [0.717, 1.165) is 17.5 Å². The van der Waals surface area contributed by atoms with Crippen LogP contribution >= 0.6 is 0 Å². The first-order valence-electron chi connectivity index (χ1n) is 19.4. The lowest BCUT2D eigenvalue weighted by molar-refractivity contribution is 0.842. The maximum absolute atomic E-state index is 9.24. The van der Waals surface area contributed by atoms with Gasteiger partial charge in [-0.05, 0) is 142 Å². The van der Waals surface area contributed by atoms with E-state index in [0.29, 0.717) is 5.56 Å². The van der Waals surface area contributed by atoms with Gasteiger partial charge in [0.1, 0.15) is 0 Å². The minimum atomic E-state index is 0.269. The molecule has 2 aliphatic rings. The lowest BCUT2D eigenvalue weighted by atomic mass is 9.77. The molecule has 9 aromatic rings. The van der Waals surface area contributed by atoms with Gasteiger partial charge in [-0.3, -0.25) is 0 Å². The van der Waals surface area contributed by atoms with Gasteiger partial charge in [-0.2, -0.15) is 5.26 Å². The highest BCUT2D eigenvalue weighted by atomic mass is 14.4. The van der Waals surface area contributed by atoms with Crippen LogP contribution in [-0.4, -0.2) is 0 Å². The van der Waals surface area contributed by atoms with Crippen molar-refractivity contribution in [3.8, 4) is 61.7 Å². The summed E-state index contributed by atoms with van der Waals surface area (Å²) in [6.07, 6.45) is 3.45. The summed E-state index contributed by atoms with van der Waals surface area (Å²) >= 11 is 0. The van der Waals surface area contributed by atoms with E-state index < -0.39 is 0 Å². The van der Waals surface area contributed by atoms with Crippen molar-refractivity contribution in [2.75, 3.05) is 0 Å². The molecular weight excluding hydrogens is 675 g/mol. The van der Waals surface area contributed by atoms with Crippen molar-refractivity contribution in [1.82, 2.24) is 0 Å². The number of hydrogen-bond donors (Lipinski definition) is 0. The zero-order valence-electron chi connectivity index (χ0n) is 30.7. The van der Waals surface area contributed by atoms with Crippen LogP contribution in [0.15, 0.2) is 194 Å². The maximum atomic E-state index is 9.24. The molecule has 0 bridgehead atoms. The normalized spacial score (nSPS) is 13.9. The summed E-state index contributed by atoms with van der Waals surface area (Å²) in [5.74, 6) is 0.269. The van der Waals surface area contributed by atoms with Crippen LogP contribution in [0.2, 0.25) is 0 Å². The van der Waals surface area contributed by atoms with Crippen molar-refractivity contribution in [2.45, 2.75) is 12.3 Å². The largest absolute Gasteiger partial charge is 0.192 e. The molecule has 0 aromatic heterocycles. The van der Waals surface area contributed by atoms with Crippen molar-refractivity contribution in [1.29, 1.82) is 5.26 Å². The van der Waals surface area contributed by atoms with Crippen LogP contribution in [0.25, 0.3) is 82.8 Å². The first-order valence-corrected chi connectivity index (χ1v) is 19.4. The molecule has 2 aliphatic carbocycles. The summed E-state index contributed by atoms with van der Waals surface area (Å²) < 4.78 is 0. The molecule has 0 amide bonds. The van der Waals surface area contributed by atoms with Gasteiger partial charge in [0.05, 0.1) is 11.6 Å². The molecule has 56 heavy (non-hydrogen) atoms. The fourth-order valence-electron chi connectivity index (χ4n) is 9.51. The van der Waals surface area contributed by atoms with E-state index in [-0.39, 0.29) is 5.92 Å². The summed E-state index contributed by atoms with van der Waals surface area (Å²) in [6, 6.07) is 70.5. The van der Waals surface area contributed by atoms with E-state index >= 15 is 0 Å². The van der Waals surface area contributed by atoms with Gasteiger partial charge in [-0.15, -0.1) is 0 Å². The van der Waals surface area contributed by atoms with Crippen LogP contribution in [0.5, 0.6) is 0 Å². The first kappa shape index (κ1) is 32.2. The lowest BCUT2D eigenvalue weighted by Gasteiger charge is -2.26. The van der Waals surface area contributed by atoms with Crippen molar-refractivity contribution >= 4 is 27.1 Å². The van der Waals surface area contributed by atoms with Gasteiger partial charge in [0.25, 0.3) is 0 Å². The summed E-state index contributed by atoms with van der Waals surface area (Å²) in [4.78, 5) is 0. The Morgan fingerprint density at radius 2 is 0.929 bits per heavy atom. The molecular formula is C55H35N. The number of fused-ring (bicyclic) bond motifs is 5. The van der Waals surface area contributed by atoms with Gasteiger partial charge >= 0.3 is 0 Å². The molecule has 0 fully saturated rings. The van der Waals surface area contributed by atoms with E-state index in [4.69, 9.17) is 0 Å². The molecule has 0 saturated carbocycles. The monoisotopic (exact) mass is 709 g/mol. The average molecular weight is 710 g/mol. The second kappa shape index (κ2) is 12.9. The maximum Gasteiger partial charge on any atom is 0.0991 e. The standard InChI is InChI=1S/C55H35N/c56-34-35-21-23-36(24-22-35)39-15-9-16-40(31-39)41-25-26-43-33-44(28-27-42(43)32-41)45-29-30-50-53-46(45)19-10-20-49(53)54-51(37-11-3-1-4-12-37)47-17-7-8-18-48(47)52(55(50)54)38-13-5-2-6-14-38/h1-29,31-33,50H,30H2. The Balaban J connectivity index is 1.03. The van der Waals surface area contributed by atoms with Crippen LogP contribution in [-0.2, 0) is 0 Å². The number of allylic oxidation sites excluding steroid dienone is 1. The van der Waals surface area contributed by atoms with Gasteiger partial charge < -0.3 is 0 Å². The third kappa shape index (κ3) is 5.08. The zero-order chi connectivity index (χ0) is 37.2. The molecule has 1 heteroatoms. The van der Waals surface area contributed by atoms with E-state index in [1.807, 2.05) is 24.3 Å². The van der Waals surface area contributed by atoms with Gasteiger partial charge in [0.15, 0.2) is 0 Å². The van der Waals surface area contributed by atoms with E-state index in [1.165, 1.54) is 93.9 Å². The quantitative estimate of drug-likeness (QED) is 0.175. The predicted octanol–water partition coefficient (Wildman–Crippen LogP) is 14.5. The number of benzene rings is 9. The van der Waals surface area contributed by atoms with E-state index in [1.54, 1.807) is 0 Å². The fraction of sp³-hybridized carbons (Fsp3) is 0.0364. The Bertz CT molecular complexity index is 3090. The fourth-order valence-corrected chi connectivity index (χ4v) is 9.51. The highest BCUT2D eigenvalue weighted by molar-refractivity contribution is 6.15.